The smallest absolute Gasteiger partial charge is 0.270 e. The van der Waals surface area contributed by atoms with Gasteiger partial charge in [-0.05, 0) is 25.5 Å². The number of carbonyl (C=O) groups excluding carboxylic acids is 1. The molecule has 0 saturated heterocycles. The molecule has 0 saturated carbocycles. The summed E-state index contributed by atoms with van der Waals surface area (Å²) in [6, 6.07) is 3.17. The minimum atomic E-state index is -0.332. The van der Waals surface area contributed by atoms with E-state index in [-0.39, 0.29) is 11.9 Å². The minimum absolute atomic E-state index is 0.274. The lowest BCUT2D eigenvalue weighted by Crippen LogP contribution is -2.28. The zero-order valence-electron chi connectivity index (χ0n) is 11.4. The van der Waals surface area contributed by atoms with Crippen molar-refractivity contribution in [2.75, 3.05) is 11.9 Å². The van der Waals surface area contributed by atoms with Gasteiger partial charge >= 0.3 is 0 Å². The van der Waals surface area contributed by atoms with Crippen LogP contribution in [0.2, 0.25) is 0 Å². The summed E-state index contributed by atoms with van der Waals surface area (Å²) < 4.78 is 0. The van der Waals surface area contributed by atoms with Crippen molar-refractivity contribution in [3.05, 3.63) is 29.8 Å². The van der Waals surface area contributed by atoms with Gasteiger partial charge in [0.1, 0.15) is 5.69 Å². The molecule has 0 radical (unpaired) electrons. The molecule has 0 aromatic carbocycles. The second-order valence-electron chi connectivity index (χ2n) is 4.32. The molecule has 8 nitrogen and oxygen atoms in total. The van der Waals surface area contributed by atoms with Crippen molar-refractivity contribution in [1.29, 1.82) is 0 Å². The number of H-pyrrole nitrogens is 1. The third-order valence-corrected chi connectivity index (χ3v) is 2.67. The first kappa shape index (κ1) is 13.9. The van der Waals surface area contributed by atoms with Crippen molar-refractivity contribution in [2.24, 2.45) is 0 Å². The average Bonchev–Trinajstić information content (AvgIpc) is 3.00. The summed E-state index contributed by atoms with van der Waals surface area (Å²) in [6.45, 7) is 4.74. The van der Waals surface area contributed by atoms with Gasteiger partial charge in [-0.25, -0.2) is 4.98 Å². The number of nitrogens with one attached hydrogen (secondary N) is 3. The van der Waals surface area contributed by atoms with Gasteiger partial charge in [0.2, 0.25) is 0 Å². The number of hydrogen-bond acceptors (Lipinski definition) is 6. The van der Waals surface area contributed by atoms with Gasteiger partial charge in [0.05, 0.1) is 17.9 Å². The van der Waals surface area contributed by atoms with Crippen LogP contribution in [0.5, 0.6) is 0 Å². The Morgan fingerprint density at radius 2 is 2.30 bits per heavy atom. The molecule has 0 fully saturated rings. The number of aromatic nitrogens is 5. The van der Waals surface area contributed by atoms with Crippen LogP contribution < -0.4 is 10.6 Å². The van der Waals surface area contributed by atoms with Crippen molar-refractivity contribution in [3.8, 4) is 0 Å². The lowest BCUT2D eigenvalue weighted by atomic mass is 10.2. The Bertz CT molecular complexity index is 537. The van der Waals surface area contributed by atoms with Gasteiger partial charge in [-0.1, -0.05) is 12.1 Å². The van der Waals surface area contributed by atoms with E-state index in [9.17, 15) is 4.79 Å². The van der Waals surface area contributed by atoms with Gasteiger partial charge in [0.15, 0.2) is 5.82 Å². The van der Waals surface area contributed by atoms with E-state index in [1.54, 1.807) is 19.2 Å². The Kier molecular flexibility index (Phi) is 4.59. The van der Waals surface area contributed by atoms with Gasteiger partial charge in [0, 0.05) is 6.54 Å². The topological polar surface area (TPSA) is 108 Å². The molecule has 3 N–H and O–H groups in total. The lowest BCUT2D eigenvalue weighted by Gasteiger charge is -2.10. The Hall–Kier alpha value is -2.51. The highest BCUT2D eigenvalue weighted by Crippen LogP contribution is 2.08. The first-order chi connectivity index (χ1) is 9.70. The van der Waals surface area contributed by atoms with E-state index < -0.39 is 0 Å². The molecule has 106 valence electrons. The first-order valence-corrected chi connectivity index (χ1v) is 6.45. The van der Waals surface area contributed by atoms with E-state index in [2.05, 4.69) is 43.2 Å². The molecular weight excluding hydrogens is 258 g/mol. The van der Waals surface area contributed by atoms with Gasteiger partial charge in [-0.3, -0.25) is 4.79 Å². The van der Waals surface area contributed by atoms with E-state index in [4.69, 9.17) is 0 Å². The van der Waals surface area contributed by atoms with Crippen molar-refractivity contribution in [2.45, 2.75) is 26.3 Å². The molecule has 2 rings (SSSR count). The summed E-state index contributed by atoms with van der Waals surface area (Å²) in [6.07, 6.45) is 2.67. The largest absolute Gasteiger partial charge is 0.384 e. The fraction of sp³-hybridized carbons (Fsp3) is 0.417. The summed E-state index contributed by atoms with van der Waals surface area (Å²) in [5, 5.41) is 19.4. The number of carbonyl (C=O) groups is 1. The summed E-state index contributed by atoms with van der Waals surface area (Å²) in [7, 11) is 0. The van der Waals surface area contributed by atoms with Crippen LogP contribution in [0.15, 0.2) is 18.3 Å². The quantitative estimate of drug-likeness (QED) is 0.723. The zero-order valence-corrected chi connectivity index (χ0v) is 11.4. The summed E-state index contributed by atoms with van der Waals surface area (Å²) in [4.78, 5) is 16.1. The first-order valence-electron chi connectivity index (χ1n) is 6.45. The Morgan fingerprint density at radius 3 is 2.90 bits per heavy atom. The number of nitrogens with zero attached hydrogens (tertiary/aromatic N) is 4. The van der Waals surface area contributed by atoms with Gasteiger partial charge < -0.3 is 10.6 Å². The maximum atomic E-state index is 12.0. The maximum Gasteiger partial charge on any atom is 0.270 e. The fourth-order valence-corrected chi connectivity index (χ4v) is 1.59. The van der Waals surface area contributed by atoms with Crippen LogP contribution in [0.4, 0.5) is 5.69 Å². The molecule has 0 aliphatic rings. The lowest BCUT2D eigenvalue weighted by molar-refractivity contribution is 0.0933. The monoisotopic (exact) mass is 275 g/mol. The molecule has 0 aliphatic carbocycles. The Morgan fingerprint density at radius 1 is 1.45 bits per heavy atom. The number of tetrazole rings is 1. The van der Waals surface area contributed by atoms with E-state index >= 15 is 0 Å². The molecule has 2 heterocycles. The van der Waals surface area contributed by atoms with Crippen LogP contribution in [0, 0.1) is 0 Å². The van der Waals surface area contributed by atoms with E-state index in [0.717, 1.165) is 18.7 Å². The van der Waals surface area contributed by atoms with Crippen molar-refractivity contribution >= 4 is 11.6 Å². The summed E-state index contributed by atoms with van der Waals surface area (Å²) in [5.41, 5.74) is 1.25. The molecule has 2 aromatic heterocycles. The third-order valence-electron chi connectivity index (χ3n) is 2.67. The number of hydrogen-bond donors (Lipinski definition) is 3. The van der Waals surface area contributed by atoms with Crippen molar-refractivity contribution in [1.82, 2.24) is 30.9 Å². The average molecular weight is 275 g/mol. The van der Waals surface area contributed by atoms with Gasteiger partial charge in [-0.15, -0.1) is 10.2 Å². The number of rotatable bonds is 6. The molecule has 2 aromatic rings. The highest BCUT2D eigenvalue weighted by Gasteiger charge is 2.15. The Labute approximate surface area is 116 Å². The molecular formula is C12H17N7O. The third kappa shape index (κ3) is 3.50. The van der Waals surface area contributed by atoms with Gasteiger partial charge in [-0.2, -0.15) is 5.21 Å². The van der Waals surface area contributed by atoms with Crippen LogP contribution in [0.25, 0.3) is 0 Å². The molecule has 1 atom stereocenters. The molecule has 1 unspecified atom stereocenters. The standard InChI is InChI=1S/C12H17N7O/c1-3-6-13-9-4-5-10(14-7-9)12(20)15-8(2)11-16-18-19-17-11/h4-5,7-8,13H,3,6H2,1-2H3,(H,15,20)(H,16,17,18,19). The van der Waals surface area contributed by atoms with Crippen LogP contribution in [-0.4, -0.2) is 38.1 Å². The predicted molar refractivity (Wildman–Crippen MR) is 73.1 cm³/mol. The predicted octanol–water partition coefficient (Wildman–Crippen LogP) is 0.908. The minimum Gasteiger partial charge on any atom is -0.384 e. The highest BCUT2D eigenvalue weighted by atomic mass is 16.1. The SMILES string of the molecule is CCCNc1ccc(C(=O)NC(C)c2nn[nH]n2)nc1. The normalized spacial score (nSPS) is 11.9. The molecule has 8 heteroatoms. The van der Waals surface area contributed by atoms with Crippen LogP contribution in [0.3, 0.4) is 0 Å². The fourth-order valence-electron chi connectivity index (χ4n) is 1.59. The molecule has 20 heavy (non-hydrogen) atoms. The number of anilines is 1. The maximum absolute atomic E-state index is 12.0. The molecule has 0 aliphatic heterocycles. The van der Waals surface area contributed by atoms with Crippen LogP contribution >= 0.6 is 0 Å². The number of aromatic amines is 1. The van der Waals surface area contributed by atoms with Gasteiger partial charge in [0.25, 0.3) is 5.91 Å². The number of amides is 1. The zero-order chi connectivity index (χ0) is 14.4. The van der Waals surface area contributed by atoms with Crippen molar-refractivity contribution in [3.63, 3.8) is 0 Å². The summed E-state index contributed by atoms with van der Waals surface area (Å²) >= 11 is 0. The Balaban J connectivity index is 1.95. The van der Waals surface area contributed by atoms with Crippen LogP contribution in [-0.2, 0) is 0 Å². The summed E-state index contributed by atoms with van der Waals surface area (Å²) in [5.74, 6) is 0.156. The van der Waals surface area contributed by atoms with Crippen LogP contribution in [0.1, 0.15) is 42.6 Å². The molecule has 0 bridgehead atoms. The van der Waals surface area contributed by atoms with Crippen molar-refractivity contribution < 1.29 is 4.79 Å². The molecule has 0 spiro atoms. The molecule has 1 amide bonds. The number of pyridine rings is 1. The van der Waals surface area contributed by atoms with E-state index in [1.165, 1.54) is 0 Å². The van der Waals surface area contributed by atoms with E-state index in [0.29, 0.717) is 11.5 Å². The second kappa shape index (κ2) is 6.60. The van der Waals surface area contributed by atoms with E-state index in [1.807, 2.05) is 6.07 Å². The second-order valence-corrected chi connectivity index (χ2v) is 4.32. The highest BCUT2D eigenvalue weighted by molar-refractivity contribution is 5.92.